The van der Waals surface area contributed by atoms with Crippen molar-refractivity contribution in [1.29, 1.82) is 0 Å². The van der Waals surface area contributed by atoms with Crippen LogP contribution in [-0.4, -0.2) is 44.7 Å². The molecule has 3 fully saturated rings. The van der Waals surface area contributed by atoms with E-state index in [0.29, 0.717) is 47.6 Å². The molecule has 1 saturated heterocycles. The van der Waals surface area contributed by atoms with Crippen LogP contribution in [0.15, 0.2) is 17.1 Å². The van der Waals surface area contributed by atoms with E-state index in [4.69, 9.17) is 18.9 Å². The highest BCUT2D eigenvalue weighted by molar-refractivity contribution is 5.80. The molecular formula is C21H27F2N3O4. The van der Waals surface area contributed by atoms with E-state index in [9.17, 15) is 8.78 Å². The first kappa shape index (κ1) is 19.7. The number of hydrogen-bond donors (Lipinski definition) is 2. The predicted molar refractivity (Wildman–Crippen MR) is 105 cm³/mol. The van der Waals surface area contributed by atoms with E-state index >= 15 is 0 Å². The van der Waals surface area contributed by atoms with Gasteiger partial charge in [-0.05, 0) is 32.3 Å². The Hall–Kier alpha value is -2.29. The van der Waals surface area contributed by atoms with Crippen molar-refractivity contribution in [1.82, 2.24) is 10.6 Å². The Morgan fingerprint density at radius 2 is 2.10 bits per heavy atom. The van der Waals surface area contributed by atoms with Crippen molar-refractivity contribution in [2.75, 3.05) is 19.9 Å². The molecule has 0 radical (unpaired) electrons. The van der Waals surface area contributed by atoms with Crippen LogP contribution in [-0.2, 0) is 11.3 Å². The number of nitrogens with one attached hydrogen (secondary N) is 2. The predicted octanol–water partition coefficient (Wildman–Crippen LogP) is 3.03. The van der Waals surface area contributed by atoms with Gasteiger partial charge in [0.15, 0.2) is 17.5 Å². The summed E-state index contributed by atoms with van der Waals surface area (Å²) in [6.45, 7) is 0.858. The zero-order chi connectivity index (χ0) is 20.7. The van der Waals surface area contributed by atoms with Gasteiger partial charge in [0.05, 0.1) is 12.6 Å². The number of hydrogen-bond acceptors (Lipinski definition) is 5. The van der Waals surface area contributed by atoms with Gasteiger partial charge in [-0.15, -0.1) is 0 Å². The average molecular weight is 423 g/mol. The lowest BCUT2D eigenvalue weighted by molar-refractivity contribution is -0.171. The second-order valence-corrected chi connectivity index (χ2v) is 8.34. The van der Waals surface area contributed by atoms with Crippen molar-refractivity contribution < 1.29 is 27.7 Å². The molecule has 3 unspecified atom stereocenters. The maximum Gasteiger partial charge on any atom is 0.387 e. The van der Waals surface area contributed by atoms with Gasteiger partial charge < -0.3 is 29.6 Å². The fourth-order valence-electron chi connectivity index (χ4n) is 5.38. The first-order chi connectivity index (χ1) is 14.6. The number of benzene rings is 1. The maximum atomic E-state index is 12.9. The van der Waals surface area contributed by atoms with E-state index in [0.717, 1.165) is 13.0 Å². The standard InChI is InChI=1S/C21H27F2N3O4/c1-2-24-20(26-17-13-4-7-27-18(13)21(17)5-3-6-21)25-10-12-8-15-16(29-11-28-15)9-14(12)30-19(22)23/h8-9,13,17-19H,2-7,10-11H2,1H3,(H2,24,25,26). The number of rotatable bonds is 6. The summed E-state index contributed by atoms with van der Waals surface area (Å²) in [5, 5.41) is 6.90. The third-order valence-electron chi connectivity index (χ3n) is 6.85. The largest absolute Gasteiger partial charge is 0.454 e. The van der Waals surface area contributed by atoms with Crippen molar-refractivity contribution in [3.8, 4) is 17.2 Å². The SMILES string of the molecule is CCNC(=NCc1cc2c(cc1OC(F)F)OCO2)NC1C2CCOC2C12CCC2. The van der Waals surface area contributed by atoms with Crippen molar-refractivity contribution >= 4 is 5.96 Å². The Balaban J connectivity index is 1.35. The van der Waals surface area contributed by atoms with Crippen LogP contribution < -0.4 is 24.8 Å². The average Bonchev–Trinajstić information content (AvgIpc) is 3.29. The Morgan fingerprint density at radius 3 is 2.80 bits per heavy atom. The van der Waals surface area contributed by atoms with Crippen LogP contribution in [0.3, 0.4) is 0 Å². The molecule has 30 heavy (non-hydrogen) atoms. The van der Waals surface area contributed by atoms with E-state index < -0.39 is 6.61 Å². The number of alkyl halides is 2. The number of guanidine groups is 1. The Labute approximate surface area is 174 Å². The highest BCUT2D eigenvalue weighted by Gasteiger charge is 2.66. The minimum atomic E-state index is -2.92. The fraction of sp³-hybridized carbons (Fsp3) is 0.667. The van der Waals surface area contributed by atoms with Crippen LogP contribution in [0.2, 0.25) is 0 Å². The van der Waals surface area contributed by atoms with Crippen molar-refractivity contribution in [2.24, 2.45) is 16.3 Å². The molecule has 2 aliphatic heterocycles. The number of fused-ring (bicyclic) bond motifs is 3. The van der Waals surface area contributed by atoms with Crippen LogP contribution in [0.25, 0.3) is 0 Å². The molecule has 2 heterocycles. The molecular weight excluding hydrogens is 396 g/mol. The summed E-state index contributed by atoms with van der Waals surface area (Å²) < 4.78 is 47.1. The highest BCUT2D eigenvalue weighted by Crippen LogP contribution is 2.62. The van der Waals surface area contributed by atoms with Crippen LogP contribution >= 0.6 is 0 Å². The third kappa shape index (κ3) is 3.23. The van der Waals surface area contributed by atoms with Crippen LogP contribution in [0, 0.1) is 11.3 Å². The van der Waals surface area contributed by atoms with Gasteiger partial charge in [0.2, 0.25) is 6.79 Å². The highest BCUT2D eigenvalue weighted by atomic mass is 19.3. The Bertz CT molecular complexity index is 831. The van der Waals surface area contributed by atoms with Gasteiger partial charge in [-0.1, -0.05) is 6.42 Å². The van der Waals surface area contributed by atoms with E-state index in [1.54, 1.807) is 6.07 Å². The first-order valence-corrected chi connectivity index (χ1v) is 10.6. The van der Waals surface area contributed by atoms with Gasteiger partial charge in [0.1, 0.15) is 5.75 Å². The summed E-state index contributed by atoms with van der Waals surface area (Å²) >= 11 is 0. The summed E-state index contributed by atoms with van der Waals surface area (Å²) in [5.41, 5.74) is 0.742. The minimum absolute atomic E-state index is 0.0530. The number of aliphatic imine (C=N–C) groups is 1. The second-order valence-electron chi connectivity index (χ2n) is 8.34. The number of halogens is 2. The number of nitrogens with zero attached hydrogens (tertiary/aromatic N) is 1. The molecule has 164 valence electrons. The summed E-state index contributed by atoms with van der Waals surface area (Å²) in [4.78, 5) is 4.67. The normalized spacial score (nSPS) is 28.1. The number of ether oxygens (including phenoxy) is 4. The Kier molecular flexibility index (Phi) is 5.08. The van der Waals surface area contributed by atoms with Gasteiger partial charge in [0.25, 0.3) is 0 Å². The van der Waals surface area contributed by atoms with Gasteiger partial charge in [0, 0.05) is 42.2 Å². The molecule has 0 amide bonds. The lowest BCUT2D eigenvalue weighted by atomic mass is 9.46. The van der Waals surface area contributed by atoms with E-state index in [1.807, 2.05) is 6.92 Å². The van der Waals surface area contributed by atoms with Crippen molar-refractivity contribution in [3.05, 3.63) is 17.7 Å². The molecule has 4 aliphatic rings. The quantitative estimate of drug-likeness (QED) is 0.541. The second kappa shape index (κ2) is 7.76. The first-order valence-electron chi connectivity index (χ1n) is 10.6. The molecule has 1 aromatic carbocycles. The summed E-state index contributed by atoms with van der Waals surface area (Å²) in [7, 11) is 0. The minimum Gasteiger partial charge on any atom is -0.454 e. The lowest BCUT2D eigenvalue weighted by Crippen LogP contribution is -2.72. The molecule has 2 saturated carbocycles. The van der Waals surface area contributed by atoms with Crippen molar-refractivity contribution in [2.45, 2.75) is 57.9 Å². The lowest BCUT2D eigenvalue weighted by Gasteiger charge is -2.63. The maximum absolute atomic E-state index is 12.9. The molecule has 2 aliphatic carbocycles. The van der Waals surface area contributed by atoms with Crippen LogP contribution in [0.1, 0.15) is 38.2 Å². The zero-order valence-corrected chi connectivity index (χ0v) is 17.0. The van der Waals surface area contributed by atoms with Crippen LogP contribution in [0.5, 0.6) is 17.2 Å². The summed E-state index contributed by atoms with van der Waals surface area (Å²) in [6.07, 6.45) is 5.04. The molecule has 5 rings (SSSR count). The molecule has 1 spiro atoms. The topological polar surface area (TPSA) is 73.3 Å². The van der Waals surface area contributed by atoms with Crippen molar-refractivity contribution in [3.63, 3.8) is 0 Å². The van der Waals surface area contributed by atoms with Gasteiger partial charge >= 0.3 is 6.61 Å². The third-order valence-corrected chi connectivity index (χ3v) is 6.85. The smallest absolute Gasteiger partial charge is 0.387 e. The van der Waals surface area contributed by atoms with E-state index in [-0.39, 0.29) is 24.5 Å². The molecule has 0 bridgehead atoms. The molecule has 0 aromatic heterocycles. The molecule has 3 atom stereocenters. The summed E-state index contributed by atoms with van der Waals surface area (Å²) in [5.74, 6) is 2.16. The van der Waals surface area contributed by atoms with Crippen LogP contribution in [0.4, 0.5) is 8.78 Å². The summed E-state index contributed by atoms with van der Waals surface area (Å²) in [6, 6.07) is 3.44. The molecule has 2 N–H and O–H groups in total. The molecule has 1 aromatic rings. The monoisotopic (exact) mass is 423 g/mol. The molecule has 9 heteroatoms. The van der Waals surface area contributed by atoms with E-state index in [1.165, 1.54) is 25.3 Å². The van der Waals surface area contributed by atoms with Gasteiger partial charge in [-0.2, -0.15) is 8.78 Å². The van der Waals surface area contributed by atoms with Gasteiger partial charge in [-0.25, -0.2) is 4.99 Å². The molecule has 7 nitrogen and oxygen atoms in total. The fourth-order valence-corrected chi connectivity index (χ4v) is 5.38. The van der Waals surface area contributed by atoms with Gasteiger partial charge in [-0.3, -0.25) is 0 Å². The Morgan fingerprint density at radius 1 is 1.30 bits per heavy atom. The zero-order valence-electron chi connectivity index (χ0n) is 17.0. The van der Waals surface area contributed by atoms with E-state index in [2.05, 4.69) is 15.6 Å².